The summed E-state index contributed by atoms with van der Waals surface area (Å²) in [5.41, 5.74) is -0.661. The third-order valence-corrected chi connectivity index (χ3v) is 4.72. The Morgan fingerprint density at radius 1 is 1.04 bits per heavy atom. The van der Waals surface area contributed by atoms with Gasteiger partial charge in [-0.3, -0.25) is 4.90 Å². The van der Waals surface area contributed by atoms with Crippen molar-refractivity contribution in [3.05, 3.63) is 0 Å². The highest BCUT2D eigenvalue weighted by molar-refractivity contribution is 5.81. The zero-order chi connectivity index (χ0) is 19.3. The summed E-state index contributed by atoms with van der Waals surface area (Å²) in [4.78, 5) is 38.7. The SMILES string of the molecule is CC(C)(C)OC(=O)N1CCN(C(=O)OCC2CCCCC2)C(C(=O)O)C1. The molecule has 2 rings (SSSR count). The van der Waals surface area contributed by atoms with E-state index in [9.17, 15) is 19.5 Å². The Hall–Kier alpha value is -1.99. The number of ether oxygens (including phenoxy) is 2. The molecule has 2 amide bonds. The molecule has 8 heteroatoms. The second kappa shape index (κ2) is 8.60. The molecule has 0 spiro atoms. The Morgan fingerprint density at radius 2 is 1.69 bits per heavy atom. The number of hydrogen-bond donors (Lipinski definition) is 1. The van der Waals surface area contributed by atoms with E-state index >= 15 is 0 Å². The number of carboxylic acids is 1. The number of aliphatic carboxylic acids is 1. The maximum Gasteiger partial charge on any atom is 0.410 e. The molecule has 0 aromatic heterocycles. The molecule has 1 aliphatic carbocycles. The van der Waals surface area contributed by atoms with Gasteiger partial charge in [0.1, 0.15) is 5.60 Å². The molecule has 148 valence electrons. The van der Waals surface area contributed by atoms with Crippen LogP contribution in [0, 0.1) is 5.92 Å². The first kappa shape index (κ1) is 20.3. The smallest absolute Gasteiger partial charge is 0.410 e. The van der Waals surface area contributed by atoms with Crippen molar-refractivity contribution in [1.82, 2.24) is 9.80 Å². The Morgan fingerprint density at radius 3 is 2.27 bits per heavy atom. The number of rotatable bonds is 3. The van der Waals surface area contributed by atoms with Crippen molar-refractivity contribution in [2.24, 2.45) is 5.92 Å². The van der Waals surface area contributed by atoms with Crippen LogP contribution in [0.15, 0.2) is 0 Å². The molecule has 2 fully saturated rings. The van der Waals surface area contributed by atoms with E-state index in [0.717, 1.165) is 25.7 Å². The quantitative estimate of drug-likeness (QED) is 0.820. The topological polar surface area (TPSA) is 96.4 Å². The van der Waals surface area contributed by atoms with E-state index in [-0.39, 0.29) is 19.6 Å². The molecule has 0 aromatic carbocycles. The lowest BCUT2D eigenvalue weighted by Gasteiger charge is -2.39. The van der Waals surface area contributed by atoms with E-state index in [1.807, 2.05) is 0 Å². The van der Waals surface area contributed by atoms with E-state index in [4.69, 9.17) is 9.47 Å². The van der Waals surface area contributed by atoms with E-state index < -0.39 is 29.8 Å². The molecule has 0 aromatic rings. The molecular formula is C18H30N2O6. The van der Waals surface area contributed by atoms with E-state index in [1.165, 1.54) is 16.2 Å². The molecule has 8 nitrogen and oxygen atoms in total. The van der Waals surface area contributed by atoms with Crippen LogP contribution in [-0.4, -0.2) is 70.9 Å². The second-order valence-corrected chi connectivity index (χ2v) is 8.05. The minimum Gasteiger partial charge on any atom is -0.480 e. The number of amides is 2. The lowest BCUT2D eigenvalue weighted by molar-refractivity contribution is -0.144. The monoisotopic (exact) mass is 370 g/mol. The average Bonchev–Trinajstić information content (AvgIpc) is 2.58. The molecule has 1 N–H and O–H groups in total. The van der Waals surface area contributed by atoms with Crippen LogP contribution in [0.1, 0.15) is 52.9 Å². The molecule has 1 aliphatic heterocycles. The van der Waals surface area contributed by atoms with Crippen LogP contribution in [0.4, 0.5) is 9.59 Å². The van der Waals surface area contributed by atoms with Crippen LogP contribution in [0.5, 0.6) is 0 Å². The third-order valence-electron chi connectivity index (χ3n) is 4.72. The van der Waals surface area contributed by atoms with Gasteiger partial charge in [-0.15, -0.1) is 0 Å². The van der Waals surface area contributed by atoms with Gasteiger partial charge in [-0.1, -0.05) is 19.3 Å². The van der Waals surface area contributed by atoms with Gasteiger partial charge < -0.3 is 19.5 Å². The number of carboxylic acid groups (broad SMARTS) is 1. The first-order valence-corrected chi connectivity index (χ1v) is 9.31. The van der Waals surface area contributed by atoms with Crippen molar-refractivity contribution in [3.63, 3.8) is 0 Å². The molecule has 2 aliphatic rings. The predicted octanol–water partition coefficient (Wildman–Crippen LogP) is 2.71. The summed E-state index contributed by atoms with van der Waals surface area (Å²) >= 11 is 0. The van der Waals surface area contributed by atoms with Gasteiger partial charge in [0, 0.05) is 13.1 Å². The van der Waals surface area contributed by atoms with Crippen molar-refractivity contribution >= 4 is 18.2 Å². The van der Waals surface area contributed by atoms with Gasteiger partial charge >= 0.3 is 18.2 Å². The Labute approximate surface area is 154 Å². The minimum absolute atomic E-state index is 0.108. The van der Waals surface area contributed by atoms with Crippen molar-refractivity contribution in [2.45, 2.75) is 64.5 Å². The number of piperazine rings is 1. The summed E-state index contributed by atoms with van der Waals surface area (Å²) in [6.07, 6.45) is 4.41. The summed E-state index contributed by atoms with van der Waals surface area (Å²) < 4.78 is 10.7. The van der Waals surface area contributed by atoms with E-state index in [2.05, 4.69) is 0 Å². The summed E-state index contributed by atoms with van der Waals surface area (Å²) in [7, 11) is 0. The maximum absolute atomic E-state index is 12.4. The molecule has 1 saturated heterocycles. The summed E-state index contributed by atoms with van der Waals surface area (Å²) in [6, 6.07) is -1.13. The van der Waals surface area contributed by atoms with Gasteiger partial charge in [0.2, 0.25) is 0 Å². The molecule has 1 heterocycles. The van der Waals surface area contributed by atoms with Crippen LogP contribution in [-0.2, 0) is 14.3 Å². The van der Waals surface area contributed by atoms with Gasteiger partial charge in [-0.25, -0.2) is 14.4 Å². The number of nitrogens with zero attached hydrogens (tertiary/aromatic N) is 2. The normalized spacial score (nSPS) is 22.0. The maximum atomic E-state index is 12.4. The minimum atomic E-state index is -1.16. The highest BCUT2D eigenvalue weighted by atomic mass is 16.6. The van der Waals surface area contributed by atoms with Gasteiger partial charge in [0.15, 0.2) is 6.04 Å². The Balaban J connectivity index is 1.91. The van der Waals surface area contributed by atoms with Gasteiger partial charge in [-0.05, 0) is 39.5 Å². The summed E-state index contributed by atoms with van der Waals surface area (Å²) in [5, 5.41) is 9.48. The van der Waals surface area contributed by atoms with Crippen molar-refractivity contribution in [3.8, 4) is 0 Å². The van der Waals surface area contributed by atoms with Crippen molar-refractivity contribution in [2.75, 3.05) is 26.2 Å². The third kappa shape index (κ3) is 5.78. The second-order valence-electron chi connectivity index (χ2n) is 8.05. The molecule has 1 unspecified atom stereocenters. The number of carbonyl (C=O) groups excluding carboxylic acids is 2. The fourth-order valence-corrected chi connectivity index (χ4v) is 3.33. The lowest BCUT2D eigenvalue weighted by atomic mass is 9.90. The van der Waals surface area contributed by atoms with Gasteiger partial charge in [-0.2, -0.15) is 0 Å². The van der Waals surface area contributed by atoms with Gasteiger partial charge in [0.25, 0.3) is 0 Å². The van der Waals surface area contributed by atoms with Crippen LogP contribution in [0.25, 0.3) is 0 Å². The fraction of sp³-hybridized carbons (Fsp3) is 0.833. The molecule has 0 radical (unpaired) electrons. The largest absolute Gasteiger partial charge is 0.480 e. The van der Waals surface area contributed by atoms with Crippen molar-refractivity contribution in [1.29, 1.82) is 0 Å². The molecule has 1 atom stereocenters. The standard InChI is InChI=1S/C18H30N2O6/c1-18(2,3)26-16(23)19-9-10-20(14(11-19)15(21)22)17(24)25-12-13-7-5-4-6-8-13/h13-14H,4-12H2,1-3H3,(H,21,22). The molecule has 0 bridgehead atoms. The fourth-order valence-electron chi connectivity index (χ4n) is 3.33. The molecule has 26 heavy (non-hydrogen) atoms. The average molecular weight is 370 g/mol. The Kier molecular flexibility index (Phi) is 6.72. The first-order chi connectivity index (χ1) is 12.2. The van der Waals surface area contributed by atoms with Crippen LogP contribution in [0.3, 0.4) is 0 Å². The van der Waals surface area contributed by atoms with E-state index in [0.29, 0.717) is 12.5 Å². The highest BCUT2D eigenvalue weighted by Gasteiger charge is 2.39. The van der Waals surface area contributed by atoms with Crippen LogP contribution >= 0.6 is 0 Å². The molecular weight excluding hydrogens is 340 g/mol. The lowest BCUT2D eigenvalue weighted by Crippen LogP contribution is -2.60. The van der Waals surface area contributed by atoms with E-state index in [1.54, 1.807) is 20.8 Å². The molecule has 1 saturated carbocycles. The Bertz CT molecular complexity index is 524. The zero-order valence-corrected chi connectivity index (χ0v) is 15.9. The van der Waals surface area contributed by atoms with Crippen LogP contribution < -0.4 is 0 Å². The van der Waals surface area contributed by atoms with Crippen LogP contribution in [0.2, 0.25) is 0 Å². The van der Waals surface area contributed by atoms with Gasteiger partial charge in [0.05, 0.1) is 13.2 Å². The number of carbonyl (C=O) groups is 3. The zero-order valence-electron chi connectivity index (χ0n) is 15.9. The predicted molar refractivity (Wildman–Crippen MR) is 93.9 cm³/mol. The summed E-state index contributed by atoms with van der Waals surface area (Å²) in [5.74, 6) is -0.799. The highest BCUT2D eigenvalue weighted by Crippen LogP contribution is 2.24. The van der Waals surface area contributed by atoms with Crippen molar-refractivity contribution < 1.29 is 29.0 Å². The first-order valence-electron chi connectivity index (χ1n) is 9.31. The number of hydrogen-bond acceptors (Lipinski definition) is 5. The summed E-state index contributed by atoms with van der Waals surface area (Å²) in [6.45, 7) is 5.80.